The third-order valence-electron chi connectivity index (χ3n) is 4.66. The van der Waals surface area contributed by atoms with Crippen molar-refractivity contribution in [2.45, 2.75) is 40.2 Å². The van der Waals surface area contributed by atoms with Gasteiger partial charge in [-0.1, -0.05) is 43.4 Å². The van der Waals surface area contributed by atoms with Gasteiger partial charge in [0, 0.05) is 18.2 Å². The predicted molar refractivity (Wildman–Crippen MR) is 124 cm³/mol. The van der Waals surface area contributed by atoms with Crippen molar-refractivity contribution in [1.29, 1.82) is 0 Å². The van der Waals surface area contributed by atoms with Crippen LogP contribution in [-0.2, 0) is 9.59 Å². The van der Waals surface area contributed by atoms with E-state index >= 15 is 0 Å². The van der Waals surface area contributed by atoms with Crippen LogP contribution in [0.4, 0.5) is 10.8 Å². The highest BCUT2D eigenvalue weighted by Crippen LogP contribution is 2.28. The number of anilines is 2. The molecule has 0 aliphatic heterocycles. The summed E-state index contributed by atoms with van der Waals surface area (Å²) in [6, 6.07) is 12.0. The number of fused-ring (bicyclic) bond motifs is 1. The number of aryl methyl sites for hydroxylation is 1. The number of thiazole rings is 1. The Hall–Kier alpha value is -3.26. The molecule has 31 heavy (non-hydrogen) atoms. The summed E-state index contributed by atoms with van der Waals surface area (Å²) in [6.45, 7) is 7.31. The number of hydrogen-bond acceptors (Lipinski definition) is 5. The Morgan fingerprint density at radius 2 is 1.81 bits per heavy atom. The quantitative estimate of drug-likeness (QED) is 0.511. The first-order chi connectivity index (χ1) is 14.7. The lowest BCUT2D eigenvalue weighted by atomic mass is 10.0. The standard InChI is InChI=1S/C23H26N4O3S/c1-13(2)11-19(25-21(29)17-8-6-5-7-14(17)3)22(30)27-23-26-18-10-9-16(24-15(4)28)12-20(18)31-23/h5-10,12-13,19H,11H2,1-4H3,(H,24,28)(H,25,29)(H,26,27,30). The van der Waals surface area contributed by atoms with E-state index in [2.05, 4.69) is 20.9 Å². The smallest absolute Gasteiger partial charge is 0.252 e. The van der Waals surface area contributed by atoms with Crippen molar-refractivity contribution < 1.29 is 14.4 Å². The maximum atomic E-state index is 13.0. The molecule has 2 aromatic carbocycles. The van der Waals surface area contributed by atoms with E-state index in [0.717, 1.165) is 15.8 Å². The van der Waals surface area contributed by atoms with Gasteiger partial charge in [-0.05, 0) is 49.1 Å². The average molecular weight is 439 g/mol. The van der Waals surface area contributed by atoms with E-state index in [4.69, 9.17) is 0 Å². The highest BCUT2D eigenvalue weighted by molar-refractivity contribution is 7.22. The number of amides is 3. The van der Waals surface area contributed by atoms with Gasteiger partial charge in [0.25, 0.3) is 5.91 Å². The lowest BCUT2D eigenvalue weighted by Crippen LogP contribution is -2.44. The molecule has 0 aliphatic carbocycles. The molecule has 0 aliphatic rings. The molecule has 162 valence electrons. The first-order valence-electron chi connectivity index (χ1n) is 10.1. The van der Waals surface area contributed by atoms with Crippen LogP contribution >= 0.6 is 11.3 Å². The number of hydrogen-bond donors (Lipinski definition) is 3. The largest absolute Gasteiger partial charge is 0.340 e. The van der Waals surface area contributed by atoms with Gasteiger partial charge in [-0.3, -0.25) is 14.4 Å². The number of aromatic nitrogens is 1. The highest BCUT2D eigenvalue weighted by Gasteiger charge is 2.24. The predicted octanol–water partition coefficient (Wildman–Crippen LogP) is 4.35. The van der Waals surface area contributed by atoms with E-state index < -0.39 is 6.04 Å². The Labute approximate surface area is 185 Å². The molecule has 0 bridgehead atoms. The molecule has 0 saturated carbocycles. The molecule has 1 aromatic heterocycles. The number of benzene rings is 2. The maximum absolute atomic E-state index is 13.0. The van der Waals surface area contributed by atoms with E-state index in [9.17, 15) is 14.4 Å². The number of nitrogens with zero attached hydrogens (tertiary/aromatic N) is 1. The second kappa shape index (κ2) is 9.70. The zero-order valence-corrected chi connectivity index (χ0v) is 18.8. The fourth-order valence-corrected chi connectivity index (χ4v) is 4.13. The van der Waals surface area contributed by atoms with Crippen molar-refractivity contribution in [2.75, 3.05) is 10.6 Å². The Bertz CT molecular complexity index is 1120. The lowest BCUT2D eigenvalue weighted by Gasteiger charge is -2.20. The lowest BCUT2D eigenvalue weighted by molar-refractivity contribution is -0.118. The van der Waals surface area contributed by atoms with Crippen LogP contribution in [0.1, 0.15) is 43.1 Å². The number of carbonyl (C=O) groups excluding carboxylic acids is 3. The molecule has 3 rings (SSSR count). The van der Waals surface area contributed by atoms with Crippen LogP contribution in [0.3, 0.4) is 0 Å². The molecule has 7 nitrogen and oxygen atoms in total. The number of carbonyl (C=O) groups is 3. The minimum atomic E-state index is -0.686. The third kappa shape index (κ3) is 5.88. The van der Waals surface area contributed by atoms with E-state index in [1.54, 1.807) is 24.3 Å². The zero-order valence-electron chi connectivity index (χ0n) is 18.0. The molecular weight excluding hydrogens is 412 g/mol. The normalized spacial score (nSPS) is 11.9. The van der Waals surface area contributed by atoms with Gasteiger partial charge in [0.15, 0.2) is 5.13 Å². The van der Waals surface area contributed by atoms with Crippen LogP contribution in [0.2, 0.25) is 0 Å². The van der Waals surface area contributed by atoms with Gasteiger partial charge in [-0.15, -0.1) is 0 Å². The summed E-state index contributed by atoms with van der Waals surface area (Å²) >= 11 is 1.31. The molecule has 3 amide bonds. The fraction of sp³-hybridized carbons (Fsp3) is 0.304. The molecule has 3 aromatic rings. The molecule has 0 radical (unpaired) electrons. The summed E-state index contributed by atoms with van der Waals surface area (Å²) in [5, 5.41) is 8.88. The SMILES string of the molecule is CC(=O)Nc1ccc2nc(NC(=O)C(CC(C)C)NC(=O)c3ccccc3C)sc2c1. The summed E-state index contributed by atoms with van der Waals surface area (Å²) in [5.74, 6) is -0.526. The molecule has 8 heteroatoms. The monoisotopic (exact) mass is 438 g/mol. The van der Waals surface area contributed by atoms with E-state index in [0.29, 0.717) is 22.8 Å². The molecule has 0 spiro atoms. The van der Waals surface area contributed by atoms with Crippen LogP contribution in [0.5, 0.6) is 0 Å². The van der Waals surface area contributed by atoms with E-state index in [1.165, 1.54) is 18.3 Å². The number of rotatable bonds is 7. The maximum Gasteiger partial charge on any atom is 0.252 e. The summed E-state index contributed by atoms with van der Waals surface area (Å²) in [6.07, 6.45) is 0.501. The van der Waals surface area contributed by atoms with Gasteiger partial charge in [-0.2, -0.15) is 0 Å². The molecule has 0 saturated heterocycles. The summed E-state index contributed by atoms with van der Waals surface area (Å²) in [4.78, 5) is 41.4. The van der Waals surface area contributed by atoms with Gasteiger partial charge in [0.05, 0.1) is 10.2 Å². The van der Waals surface area contributed by atoms with Gasteiger partial charge < -0.3 is 16.0 Å². The first kappa shape index (κ1) is 22.4. The van der Waals surface area contributed by atoms with Gasteiger partial charge in [-0.25, -0.2) is 4.98 Å². The van der Waals surface area contributed by atoms with Crippen molar-refractivity contribution >= 4 is 50.1 Å². The van der Waals surface area contributed by atoms with Crippen molar-refractivity contribution in [2.24, 2.45) is 5.92 Å². The Morgan fingerprint density at radius 1 is 1.06 bits per heavy atom. The van der Waals surface area contributed by atoms with Crippen molar-refractivity contribution in [3.8, 4) is 0 Å². The topological polar surface area (TPSA) is 100 Å². The van der Waals surface area contributed by atoms with Crippen molar-refractivity contribution in [3.05, 3.63) is 53.6 Å². The van der Waals surface area contributed by atoms with Gasteiger partial charge >= 0.3 is 0 Å². The summed E-state index contributed by atoms with van der Waals surface area (Å²) in [7, 11) is 0. The second-order valence-electron chi connectivity index (χ2n) is 7.84. The van der Waals surface area contributed by atoms with Crippen LogP contribution < -0.4 is 16.0 Å². The molecule has 1 atom stereocenters. The summed E-state index contributed by atoms with van der Waals surface area (Å²) < 4.78 is 0.839. The fourth-order valence-electron chi connectivity index (χ4n) is 3.22. The second-order valence-corrected chi connectivity index (χ2v) is 8.87. The van der Waals surface area contributed by atoms with Crippen LogP contribution in [0.25, 0.3) is 10.2 Å². The van der Waals surface area contributed by atoms with Crippen LogP contribution in [0, 0.1) is 12.8 Å². The zero-order chi connectivity index (χ0) is 22.5. The van der Waals surface area contributed by atoms with Gasteiger partial charge in [0.1, 0.15) is 6.04 Å². The van der Waals surface area contributed by atoms with Crippen molar-refractivity contribution in [3.63, 3.8) is 0 Å². The van der Waals surface area contributed by atoms with Gasteiger partial charge in [0.2, 0.25) is 11.8 Å². The van der Waals surface area contributed by atoms with E-state index in [-0.39, 0.29) is 23.6 Å². The molecule has 3 N–H and O–H groups in total. The molecule has 1 heterocycles. The third-order valence-corrected chi connectivity index (χ3v) is 5.59. The summed E-state index contributed by atoms with van der Waals surface area (Å²) in [5.41, 5.74) is 2.79. The Kier molecular flexibility index (Phi) is 7.02. The minimum absolute atomic E-state index is 0.154. The Balaban J connectivity index is 1.76. The highest BCUT2D eigenvalue weighted by atomic mass is 32.1. The van der Waals surface area contributed by atoms with Crippen LogP contribution in [-0.4, -0.2) is 28.7 Å². The van der Waals surface area contributed by atoms with E-state index in [1.807, 2.05) is 39.0 Å². The number of nitrogens with one attached hydrogen (secondary N) is 3. The molecular formula is C23H26N4O3S. The van der Waals surface area contributed by atoms with Crippen LogP contribution in [0.15, 0.2) is 42.5 Å². The average Bonchev–Trinajstić information content (AvgIpc) is 3.08. The molecule has 1 unspecified atom stereocenters. The Morgan fingerprint density at radius 3 is 2.48 bits per heavy atom. The first-order valence-corrected chi connectivity index (χ1v) is 10.9. The molecule has 0 fully saturated rings. The minimum Gasteiger partial charge on any atom is -0.340 e. The van der Waals surface area contributed by atoms with Crippen molar-refractivity contribution in [1.82, 2.24) is 10.3 Å².